The highest BCUT2D eigenvalue weighted by Crippen LogP contribution is 2.67. The van der Waals surface area contributed by atoms with E-state index < -0.39 is 42.4 Å². The Labute approximate surface area is 293 Å². The van der Waals surface area contributed by atoms with E-state index in [1.54, 1.807) is 5.57 Å². The van der Waals surface area contributed by atoms with Gasteiger partial charge in [0, 0.05) is 12.2 Å². The van der Waals surface area contributed by atoms with E-state index in [0.29, 0.717) is 10.8 Å². The molecule has 3 saturated carbocycles. The van der Waals surface area contributed by atoms with Crippen molar-refractivity contribution >= 4 is 36.4 Å². The van der Waals surface area contributed by atoms with Gasteiger partial charge in [0.1, 0.15) is 18.6 Å². The number of thiol groups is 1. The molecule has 0 heterocycles. The van der Waals surface area contributed by atoms with Crippen molar-refractivity contribution in [1.82, 2.24) is 10.6 Å². The fourth-order valence-corrected chi connectivity index (χ4v) is 10.1. The van der Waals surface area contributed by atoms with Gasteiger partial charge in [-0.1, -0.05) is 65.5 Å². The highest BCUT2D eigenvalue weighted by Gasteiger charge is 2.59. The van der Waals surface area contributed by atoms with Crippen molar-refractivity contribution in [2.45, 2.75) is 136 Å². The molecule has 48 heavy (non-hydrogen) atoms. The molecule has 0 aromatic rings. The zero-order valence-electron chi connectivity index (χ0n) is 29.9. The van der Waals surface area contributed by atoms with E-state index in [2.05, 4.69) is 64.0 Å². The van der Waals surface area contributed by atoms with E-state index >= 15 is 0 Å². The Kier molecular flexibility index (Phi) is 14.9. The zero-order valence-corrected chi connectivity index (χ0v) is 30.8. The van der Waals surface area contributed by atoms with Gasteiger partial charge in [-0.2, -0.15) is 12.6 Å². The van der Waals surface area contributed by atoms with E-state index in [9.17, 15) is 24.3 Å². The third-order valence-electron chi connectivity index (χ3n) is 12.5. The van der Waals surface area contributed by atoms with Crippen LogP contribution in [0.25, 0.3) is 0 Å². The van der Waals surface area contributed by atoms with Gasteiger partial charge in [-0.05, 0) is 104 Å². The molecule has 0 radical (unpaired) electrons. The standard InChI is InChI=1S/C27H46O.C10H17N3O6S/c1-18(2)7-6-8-19(3)23-11-12-24-22-10-9-20-17-21(28)13-15-26(20,4)25(22)14-16-27(23,24)5;11-5(10(18)19)1-2-7(14)13-6(4-20)9(17)12-3-8(15)16/h9,18-19,21-25,28H,6-8,10-17H2,1-5H3;5-6,20H,1-4,11H2,(H,12,17)(H,13,14)(H,15,16)(H,18,19)/t19-,21+,22+,23-,24+,25+,26+,27-;5-,6-/m10/s1. The lowest BCUT2D eigenvalue weighted by atomic mass is 9.47. The van der Waals surface area contributed by atoms with Crippen molar-refractivity contribution in [1.29, 1.82) is 0 Å². The molecule has 4 aliphatic rings. The second kappa shape index (κ2) is 17.7. The number of hydrogen-bond donors (Lipinski definition) is 7. The zero-order chi connectivity index (χ0) is 35.8. The molecule has 10 nitrogen and oxygen atoms in total. The van der Waals surface area contributed by atoms with Gasteiger partial charge in [0.15, 0.2) is 0 Å². The summed E-state index contributed by atoms with van der Waals surface area (Å²) in [6, 6.07) is -2.15. The molecule has 10 atom stereocenters. The summed E-state index contributed by atoms with van der Waals surface area (Å²) in [4.78, 5) is 43.7. The molecule has 4 aliphatic carbocycles. The summed E-state index contributed by atoms with van der Waals surface area (Å²) in [7, 11) is 0. The van der Waals surface area contributed by atoms with Crippen molar-refractivity contribution in [2.24, 2.45) is 52.1 Å². The molecule has 274 valence electrons. The summed E-state index contributed by atoms with van der Waals surface area (Å²) >= 11 is 3.87. The van der Waals surface area contributed by atoms with Crippen molar-refractivity contribution in [3.63, 3.8) is 0 Å². The normalized spacial score (nSPS) is 32.6. The van der Waals surface area contributed by atoms with E-state index in [0.717, 1.165) is 48.3 Å². The molecule has 2 amide bonds. The fourth-order valence-electron chi connectivity index (χ4n) is 9.82. The van der Waals surface area contributed by atoms with Gasteiger partial charge in [0.25, 0.3) is 0 Å². The minimum atomic E-state index is -1.22. The van der Waals surface area contributed by atoms with Gasteiger partial charge in [-0.15, -0.1) is 0 Å². The number of carbonyl (C=O) groups excluding carboxylic acids is 2. The minimum absolute atomic E-state index is 0.0256. The molecule has 4 rings (SSSR count). The van der Waals surface area contributed by atoms with Crippen molar-refractivity contribution in [2.75, 3.05) is 12.3 Å². The number of carboxylic acids is 2. The Morgan fingerprint density at radius 2 is 1.71 bits per heavy atom. The van der Waals surface area contributed by atoms with Crippen molar-refractivity contribution < 1.29 is 34.5 Å². The second-order valence-electron chi connectivity index (χ2n) is 16.1. The SMILES string of the molecule is CC(C)CCC[C@@H](C)[C@H]1CC[C@H]2[C@@H]3CC=C4C[C@@H](O)CC[C@]4(C)[C@H]3CC[C@]12C.N[C@@H](CCC(=O)N[C@@H](CS)C(=O)NCC(=O)O)C(=O)O. The third kappa shape index (κ3) is 9.99. The lowest BCUT2D eigenvalue weighted by Gasteiger charge is -2.58. The summed E-state index contributed by atoms with van der Waals surface area (Å²) in [5, 5.41) is 31.6. The maximum absolute atomic E-state index is 11.5. The van der Waals surface area contributed by atoms with Gasteiger partial charge in [0.2, 0.25) is 11.8 Å². The lowest BCUT2D eigenvalue weighted by Crippen LogP contribution is -2.50. The topological polar surface area (TPSA) is 179 Å². The van der Waals surface area contributed by atoms with E-state index in [4.69, 9.17) is 15.9 Å². The van der Waals surface area contributed by atoms with Crippen LogP contribution < -0.4 is 16.4 Å². The Hall–Kier alpha value is -2.11. The van der Waals surface area contributed by atoms with Gasteiger partial charge >= 0.3 is 11.9 Å². The number of nitrogens with two attached hydrogens (primary N) is 1. The van der Waals surface area contributed by atoms with Crippen molar-refractivity contribution in [3.8, 4) is 0 Å². The van der Waals surface area contributed by atoms with Gasteiger partial charge < -0.3 is 31.7 Å². The second-order valence-corrected chi connectivity index (χ2v) is 16.4. The minimum Gasteiger partial charge on any atom is -0.480 e. The molecule has 0 aromatic carbocycles. The number of aliphatic hydroxyl groups is 1. The summed E-state index contributed by atoms with van der Waals surface area (Å²) in [6.45, 7) is 12.0. The smallest absolute Gasteiger partial charge is 0.322 e. The first-order valence-corrected chi connectivity index (χ1v) is 18.9. The maximum atomic E-state index is 11.5. The Morgan fingerprint density at radius 1 is 1.00 bits per heavy atom. The highest BCUT2D eigenvalue weighted by atomic mass is 32.1. The van der Waals surface area contributed by atoms with E-state index in [1.807, 2.05) is 0 Å². The van der Waals surface area contributed by atoms with Crippen LogP contribution in [0, 0.1) is 46.3 Å². The number of nitrogens with one attached hydrogen (secondary N) is 2. The third-order valence-corrected chi connectivity index (χ3v) is 12.9. The number of rotatable bonds is 14. The van der Waals surface area contributed by atoms with Crippen molar-refractivity contribution in [3.05, 3.63) is 11.6 Å². The average molecular weight is 694 g/mol. The highest BCUT2D eigenvalue weighted by molar-refractivity contribution is 7.80. The summed E-state index contributed by atoms with van der Waals surface area (Å²) in [5.41, 5.74) is 7.83. The molecule has 0 aliphatic heterocycles. The van der Waals surface area contributed by atoms with Crippen LogP contribution in [-0.4, -0.2) is 69.6 Å². The molecule has 0 aromatic heterocycles. The molecule has 7 N–H and O–H groups in total. The number of aliphatic hydroxyl groups excluding tert-OH is 1. The molecule has 11 heteroatoms. The predicted molar refractivity (Wildman–Crippen MR) is 190 cm³/mol. The number of carbonyl (C=O) groups is 4. The molecule has 0 saturated heterocycles. The van der Waals surface area contributed by atoms with Crippen LogP contribution in [0.5, 0.6) is 0 Å². The van der Waals surface area contributed by atoms with Crippen LogP contribution >= 0.6 is 12.6 Å². The van der Waals surface area contributed by atoms with Crippen LogP contribution in [0.15, 0.2) is 11.6 Å². The van der Waals surface area contributed by atoms with Gasteiger partial charge in [0.05, 0.1) is 6.10 Å². The number of amides is 2. The van der Waals surface area contributed by atoms with Crippen LogP contribution in [0.2, 0.25) is 0 Å². The molecular weight excluding hydrogens is 630 g/mol. The Morgan fingerprint density at radius 3 is 2.33 bits per heavy atom. The molecular formula is C37H63N3O7S. The van der Waals surface area contributed by atoms with E-state index in [1.165, 1.54) is 57.8 Å². The van der Waals surface area contributed by atoms with Gasteiger partial charge in [-0.3, -0.25) is 19.2 Å². The van der Waals surface area contributed by atoms with Crippen LogP contribution in [0.4, 0.5) is 0 Å². The Bertz CT molecular complexity index is 1160. The summed E-state index contributed by atoms with van der Waals surface area (Å²) < 4.78 is 0. The monoisotopic (exact) mass is 693 g/mol. The van der Waals surface area contributed by atoms with Crippen LogP contribution in [0.3, 0.4) is 0 Å². The van der Waals surface area contributed by atoms with Crippen LogP contribution in [0.1, 0.15) is 118 Å². The van der Waals surface area contributed by atoms with Crippen LogP contribution in [-0.2, 0) is 19.2 Å². The fraction of sp³-hybridized carbons (Fsp3) is 0.838. The number of fused-ring (bicyclic) bond motifs is 5. The maximum Gasteiger partial charge on any atom is 0.322 e. The predicted octanol–water partition coefficient (Wildman–Crippen LogP) is 5.18. The molecule has 0 unspecified atom stereocenters. The number of aliphatic carboxylic acids is 2. The van der Waals surface area contributed by atoms with Gasteiger partial charge in [-0.25, -0.2) is 0 Å². The number of carboxylic acid groups (broad SMARTS) is 2. The number of hydrogen-bond acceptors (Lipinski definition) is 7. The molecule has 0 bridgehead atoms. The Balaban J connectivity index is 0.000000279. The lowest BCUT2D eigenvalue weighted by molar-refractivity contribution is -0.139. The quantitative estimate of drug-likeness (QED) is 0.0961. The first kappa shape index (κ1) is 40.3. The first-order chi connectivity index (χ1) is 22.5. The molecule has 3 fully saturated rings. The largest absolute Gasteiger partial charge is 0.480 e. The average Bonchev–Trinajstić information content (AvgIpc) is 3.39. The summed E-state index contributed by atoms with van der Waals surface area (Å²) in [5.74, 6) is 1.75. The van der Waals surface area contributed by atoms with E-state index in [-0.39, 0.29) is 24.7 Å². The molecule has 0 spiro atoms. The first-order valence-electron chi connectivity index (χ1n) is 18.3. The summed E-state index contributed by atoms with van der Waals surface area (Å²) in [6.07, 6.45) is 16.9. The number of allylic oxidation sites excluding steroid dienone is 1.